The number of pyridine rings is 2. The molecule has 35 heavy (non-hydrogen) atoms. The van der Waals surface area contributed by atoms with Gasteiger partial charge in [0.2, 0.25) is 5.92 Å². The first-order valence-electron chi connectivity index (χ1n) is 11.3. The molecule has 0 spiro atoms. The summed E-state index contributed by atoms with van der Waals surface area (Å²) < 4.78 is 31.4. The maximum Gasteiger partial charge on any atom is 0.248 e. The van der Waals surface area contributed by atoms with Gasteiger partial charge in [-0.3, -0.25) is 9.55 Å². The quantitative estimate of drug-likeness (QED) is 0.367. The monoisotopic (exact) mass is 476 g/mol. The van der Waals surface area contributed by atoms with Gasteiger partial charge in [0.1, 0.15) is 24.0 Å². The maximum absolute atomic E-state index is 13.0. The van der Waals surface area contributed by atoms with Crippen molar-refractivity contribution in [1.82, 2.24) is 49.4 Å². The van der Waals surface area contributed by atoms with E-state index in [0.29, 0.717) is 25.3 Å². The Bertz CT molecular complexity index is 1450. The molecule has 5 heterocycles. The molecule has 0 unspecified atom stereocenters. The fourth-order valence-corrected chi connectivity index (χ4v) is 4.34. The van der Waals surface area contributed by atoms with Gasteiger partial charge in [-0.1, -0.05) is 11.3 Å². The lowest BCUT2D eigenvalue weighted by molar-refractivity contribution is -0.109. The summed E-state index contributed by atoms with van der Waals surface area (Å²) in [5, 5.41) is 19.5. The van der Waals surface area contributed by atoms with Crippen LogP contribution in [0, 0.1) is 5.92 Å². The van der Waals surface area contributed by atoms with Crippen LogP contribution in [-0.4, -0.2) is 56.6 Å². The molecule has 1 N–H and O–H groups in total. The average molecular weight is 476 g/mol. The van der Waals surface area contributed by atoms with E-state index in [-0.39, 0.29) is 18.8 Å². The van der Waals surface area contributed by atoms with Crippen molar-refractivity contribution in [2.24, 2.45) is 5.92 Å². The summed E-state index contributed by atoms with van der Waals surface area (Å²) >= 11 is 0. The fraction of sp³-hybridized carbons (Fsp3) is 0.304. The van der Waals surface area contributed by atoms with Gasteiger partial charge in [0.25, 0.3) is 0 Å². The second-order valence-electron chi connectivity index (χ2n) is 8.90. The van der Waals surface area contributed by atoms with Crippen molar-refractivity contribution >= 4 is 5.65 Å². The molecule has 0 aliphatic heterocycles. The lowest BCUT2D eigenvalue weighted by Crippen LogP contribution is -2.40. The van der Waals surface area contributed by atoms with Crippen LogP contribution < -0.4 is 5.32 Å². The molecule has 10 nitrogen and oxygen atoms in total. The van der Waals surface area contributed by atoms with E-state index < -0.39 is 5.92 Å². The van der Waals surface area contributed by atoms with E-state index in [1.807, 2.05) is 41.2 Å². The minimum absolute atomic E-state index is 0.0159. The van der Waals surface area contributed by atoms with E-state index in [1.54, 1.807) is 34.3 Å². The summed E-state index contributed by atoms with van der Waals surface area (Å²) in [6.45, 7) is 1.70. The third-order valence-corrected chi connectivity index (χ3v) is 6.10. The Kier molecular flexibility index (Phi) is 5.29. The number of nitrogens with one attached hydrogen (secondary N) is 1. The highest BCUT2D eigenvalue weighted by Gasteiger charge is 2.44. The molecule has 0 amide bonds. The Morgan fingerprint density at radius 2 is 1.91 bits per heavy atom. The second-order valence-corrected chi connectivity index (χ2v) is 8.90. The van der Waals surface area contributed by atoms with E-state index in [1.165, 1.54) is 0 Å². The molecule has 0 radical (unpaired) electrons. The van der Waals surface area contributed by atoms with Gasteiger partial charge in [-0.25, -0.2) is 18.4 Å². The van der Waals surface area contributed by atoms with Gasteiger partial charge in [-0.2, -0.15) is 0 Å². The lowest BCUT2D eigenvalue weighted by atomic mass is 9.81. The number of halogens is 2. The summed E-state index contributed by atoms with van der Waals surface area (Å²) in [5.41, 5.74) is 5.11. The molecule has 1 saturated carbocycles. The summed E-state index contributed by atoms with van der Waals surface area (Å²) in [4.78, 5) is 8.95. The number of hydrogen-bond acceptors (Lipinski definition) is 7. The van der Waals surface area contributed by atoms with Gasteiger partial charge in [-0.05, 0) is 30.2 Å². The molecule has 0 atom stereocenters. The van der Waals surface area contributed by atoms with E-state index in [2.05, 4.69) is 35.8 Å². The molecule has 1 aliphatic rings. The van der Waals surface area contributed by atoms with Crippen molar-refractivity contribution in [3.63, 3.8) is 0 Å². The average Bonchev–Trinajstić information content (AvgIpc) is 3.59. The Balaban J connectivity index is 1.11. The molecule has 0 saturated heterocycles. The minimum Gasteiger partial charge on any atom is -0.312 e. The van der Waals surface area contributed by atoms with Crippen molar-refractivity contribution < 1.29 is 8.78 Å². The van der Waals surface area contributed by atoms with Crippen molar-refractivity contribution in [2.75, 3.05) is 6.54 Å². The van der Waals surface area contributed by atoms with Gasteiger partial charge >= 0.3 is 0 Å². The van der Waals surface area contributed by atoms with Crippen LogP contribution in [0.15, 0.2) is 61.8 Å². The lowest BCUT2D eigenvalue weighted by Gasteiger charge is -2.35. The Morgan fingerprint density at radius 3 is 2.74 bits per heavy atom. The summed E-state index contributed by atoms with van der Waals surface area (Å²) in [6, 6.07) is 5.90. The molecular formula is C23H22F2N10. The van der Waals surface area contributed by atoms with Gasteiger partial charge in [0.15, 0.2) is 0 Å². The van der Waals surface area contributed by atoms with Crippen LogP contribution >= 0.6 is 0 Å². The molecule has 0 bridgehead atoms. The fourth-order valence-electron chi connectivity index (χ4n) is 4.34. The molecule has 178 valence electrons. The van der Waals surface area contributed by atoms with E-state index in [9.17, 15) is 8.78 Å². The molecule has 1 aliphatic carbocycles. The van der Waals surface area contributed by atoms with Crippen LogP contribution in [0.1, 0.15) is 24.1 Å². The zero-order chi connectivity index (χ0) is 23.8. The van der Waals surface area contributed by atoms with Crippen LogP contribution in [0.4, 0.5) is 8.78 Å². The Hall–Kier alpha value is -4.06. The van der Waals surface area contributed by atoms with E-state index in [0.717, 1.165) is 28.2 Å². The third-order valence-electron chi connectivity index (χ3n) is 6.10. The van der Waals surface area contributed by atoms with Crippen molar-refractivity contribution in [1.29, 1.82) is 0 Å². The Morgan fingerprint density at radius 1 is 1.06 bits per heavy atom. The highest BCUT2D eigenvalue weighted by Crippen LogP contribution is 2.41. The number of imidazole rings is 1. The largest absolute Gasteiger partial charge is 0.312 e. The summed E-state index contributed by atoms with van der Waals surface area (Å²) in [7, 11) is 0. The van der Waals surface area contributed by atoms with Crippen LogP contribution in [0.5, 0.6) is 0 Å². The minimum atomic E-state index is -2.47. The smallest absolute Gasteiger partial charge is 0.248 e. The molecule has 1 fully saturated rings. The molecule has 12 heteroatoms. The SMILES string of the molecule is FC1(F)CC(CNCc2ccc3nc(Cn4cc(-c5cncc(-n6cnnc6)c5)nn4)cn3c2)C1. The van der Waals surface area contributed by atoms with Crippen LogP contribution in [0.2, 0.25) is 0 Å². The number of hydrogen-bond donors (Lipinski definition) is 1. The summed E-state index contributed by atoms with van der Waals surface area (Å²) in [5.74, 6) is -2.41. The van der Waals surface area contributed by atoms with E-state index >= 15 is 0 Å². The predicted octanol–water partition coefficient (Wildman–Crippen LogP) is 2.75. The van der Waals surface area contributed by atoms with Crippen molar-refractivity contribution in [3.05, 3.63) is 73.1 Å². The van der Waals surface area contributed by atoms with Gasteiger partial charge in [0.05, 0.1) is 30.3 Å². The highest BCUT2D eigenvalue weighted by atomic mass is 19.3. The molecule has 0 aromatic carbocycles. The van der Waals surface area contributed by atoms with Gasteiger partial charge in [-0.15, -0.1) is 15.3 Å². The zero-order valence-corrected chi connectivity index (χ0v) is 18.7. The normalized spacial score (nSPS) is 15.5. The zero-order valence-electron chi connectivity index (χ0n) is 18.7. The van der Waals surface area contributed by atoms with Gasteiger partial charge < -0.3 is 9.72 Å². The number of aromatic nitrogens is 9. The molecule has 6 rings (SSSR count). The van der Waals surface area contributed by atoms with Crippen LogP contribution in [0.25, 0.3) is 22.6 Å². The molecular weight excluding hydrogens is 454 g/mol. The van der Waals surface area contributed by atoms with Crippen LogP contribution in [0.3, 0.4) is 0 Å². The topological polar surface area (TPSA) is 104 Å². The van der Waals surface area contributed by atoms with Crippen molar-refractivity contribution in [3.8, 4) is 16.9 Å². The second kappa shape index (κ2) is 8.62. The maximum atomic E-state index is 13.0. The Labute approximate surface area is 198 Å². The predicted molar refractivity (Wildman–Crippen MR) is 122 cm³/mol. The van der Waals surface area contributed by atoms with Crippen LogP contribution in [-0.2, 0) is 13.1 Å². The van der Waals surface area contributed by atoms with Gasteiger partial charge in [0, 0.05) is 43.5 Å². The highest BCUT2D eigenvalue weighted by molar-refractivity contribution is 5.59. The number of nitrogens with zero attached hydrogens (tertiary/aromatic N) is 9. The third kappa shape index (κ3) is 4.64. The summed E-state index contributed by atoms with van der Waals surface area (Å²) in [6.07, 6.45) is 12.5. The first kappa shape index (κ1) is 21.5. The molecule has 5 aromatic heterocycles. The first-order valence-corrected chi connectivity index (χ1v) is 11.3. The van der Waals surface area contributed by atoms with Crippen molar-refractivity contribution in [2.45, 2.75) is 31.9 Å². The number of fused-ring (bicyclic) bond motifs is 1. The standard InChI is InChI=1S/C23H22F2N10/c24-23(25)4-17(5-23)7-26-6-16-1-2-22-30-19(11-33(22)10-16)12-35-13-21(31-32-35)18-3-20(9-27-8-18)34-14-28-29-15-34/h1-3,8-11,13-15,17,26H,4-7,12H2. The number of alkyl halides is 2. The molecule has 5 aromatic rings. The number of rotatable bonds is 8. The van der Waals surface area contributed by atoms with E-state index in [4.69, 9.17) is 0 Å². The first-order chi connectivity index (χ1) is 17.0.